The Hall–Kier alpha value is -0.120. The number of nitrogens with zero attached hydrogens (tertiary/aromatic N) is 1. The molecular weight excluding hydrogens is 152 g/mol. The third-order valence-corrected chi connectivity index (χ3v) is 1.89. The number of hydrogen-bond acceptors (Lipinski definition) is 3. The molecule has 0 saturated carbocycles. The average molecular weight is 174 g/mol. The van der Waals surface area contributed by atoms with Gasteiger partial charge < -0.3 is 15.7 Å². The first-order valence-corrected chi connectivity index (χ1v) is 4.60. The van der Waals surface area contributed by atoms with E-state index < -0.39 is 5.54 Å². The molecule has 0 aliphatic heterocycles. The largest absolute Gasteiger partial charge is 0.394 e. The standard InChI is InChI=1S/C9H22N2O/c1-4-5-6-11(3)7-9(2,10)8-12/h12H,4-8,10H2,1-3H3. The van der Waals surface area contributed by atoms with Crippen LogP contribution in [0.1, 0.15) is 26.7 Å². The van der Waals surface area contributed by atoms with Crippen LogP contribution in [0.3, 0.4) is 0 Å². The van der Waals surface area contributed by atoms with Gasteiger partial charge in [-0.2, -0.15) is 0 Å². The number of aliphatic hydroxyl groups is 1. The quantitative estimate of drug-likeness (QED) is 0.614. The van der Waals surface area contributed by atoms with Crippen LogP contribution < -0.4 is 5.73 Å². The van der Waals surface area contributed by atoms with E-state index in [4.69, 9.17) is 10.8 Å². The molecule has 74 valence electrons. The van der Waals surface area contributed by atoms with E-state index in [0.717, 1.165) is 13.1 Å². The van der Waals surface area contributed by atoms with Crippen LogP contribution in [-0.4, -0.2) is 42.3 Å². The molecule has 0 aromatic heterocycles. The van der Waals surface area contributed by atoms with E-state index in [9.17, 15) is 0 Å². The average Bonchev–Trinajstić information content (AvgIpc) is 2.00. The molecule has 0 saturated heterocycles. The number of unbranched alkanes of at least 4 members (excludes halogenated alkanes) is 1. The molecule has 0 radical (unpaired) electrons. The van der Waals surface area contributed by atoms with Crippen LogP contribution in [0.4, 0.5) is 0 Å². The van der Waals surface area contributed by atoms with E-state index in [-0.39, 0.29) is 6.61 Å². The summed E-state index contributed by atoms with van der Waals surface area (Å²) >= 11 is 0. The van der Waals surface area contributed by atoms with Crippen molar-refractivity contribution in [1.29, 1.82) is 0 Å². The van der Waals surface area contributed by atoms with Gasteiger partial charge in [-0.25, -0.2) is 0 Å². The van der Waals surface area contributed by atoms with Gasteiger partial charge in [0.25, 0.3) is 0 Å². The van der Waals surface area contributed by atoms with Crippen molar-refractivity contribution in [1.82, 2.24) is 4.90 Å². The summed E-state index contributed by atoms with van der Waals surface area (Å²) in [5.41, 5.74) is 5.34. The summed E-state index contributed by atoms with van der Waals surface area (Å²) in [6.07, 6.45) is 2.39. The fraction of sp³-hybridized carbons (Fsp3) is 1.00. The smallest absolute Gasteiger partial charge is 0.0621 e. The molecule has 0 heterocycles. The topological polar surface area (TPSA) is 49.5 Å². The van der Waals surface area contributed by atoms with Gasteiger partial charge in [0.15, 0.2) is 0 Å². The Morgan fingerprint density at radius 1 is 1.50 bits per heavy atom. The van der Waals surface area contributed by atoms with Crippen LogP contribution in [0.15, 0.2) is 0 Å². The van der Waals surface area contributed by atoms with Crippen molar-refractivity contribution in [2.45, 2.75) is 32.2 Å². The number of hydrogen-bond donors (Lipinski definition) is 2. The van der Waals surface area contributed by atoms with E-state index in [0.29, 0.717) is 0 Å². The molecule has 0 aliphatic carbocycles. The first-order valence-electron chi connectivity index (χ1n) is 4.60. The molecule has 0 spiro atoms. The van der Waals surface area contributed by atoms with E-state index >= 15 is 0 Å². The van der Waals surface area contributed by atoms with Crippen molar-refractivity contribution in [3.63, 3.8) is 0 Å². The van der Waals surface area contributed by atoms with E-state index in [2.05, 4.69) is 11.8 Å². The van der Waals surface area contributed by atoms with Crippen LogP contribution >= 0.6 is 0 Å². The molecule has 0 amide bonds. The zero-order valence-corrected chi connectivity index (χ0v) is 8.51. The summed E-state index contributed by atoms with van der Waals surface area (Å²) in [5.74, 6) is 0. The Labute approximate surface area is 75.6 Å². The third kappa shape index (κ3) is 5.52. The molecule has 0 aliphatic rings. The van der Waals surface area contributed by atoms with E-state index in [1.165, 1.54) is 12.8 Å². The van der Waals surface area contributed by atoms with Gasteiger partial charge in [-0.15, -0.1) is 0 Å². The maximum absolute atomic E-state index is 8.92. The van der Waals surface area contributed by atoms with Crippen molar-refractivity contribution in [3.05, 3.63) is 0 Å². The Morgan fingerprint density at radius 3 is 2.50 bits per heavy atom. The summed E-state index contributed by atoms with van der Waals surface area (Å²) in [5, 5.41) is 8.92. The Bertz CT molecular complexity index is 115. The van der Waals surface area contributed by atoms with Crippen molar-refractivity contribution in [2.75, 3.05) is 26.7 Å². The first kappa shape index (κ1) is 11.9. The third-order valence-electron chi connectivity index (χ3n) is 1.89. The highest BCUT2D eigenvalue weighted by Crippen LogP contribution is 2.01. The zero-order chi connectivity index (χ0) is 9.61. The van der Waals surface area contributed by atoms with Crippen molar-refractivity contribution in [3.8, 4) is 0 Å². The van der Waals surface area contributed by atoms with Gasteiger partial charge in [-0.3, -0.25) is 0 Å². The molecular formula is C9H22N2O. The lowest BCUT2D eigenvalue weighted by molar-refractivity contribution is 0.162. The van der Waals surface area contributed by atoms with Crippen LogP contribution in [-0.2, 0) is 0 Å². The van der Waals surface area contributed by atoms with Crippen LogP contribution in [0.2, 0.25) is 0 Å². The second-order valence-corrected chi connectivity index (χ2v) is 3.90. The summed E-state index contributed by atoms with van der Waals surface area (Å²) in [6, 6.07) is 0. The summed E-state index contributed by atoms with van der Waals surface area (Å²) < 4.78 is 0. The van der Waals surface area contributed by atoms with Gasteiger partial charge in [0, 0.05) is 12.1 Å². The van der Waals surface area contributed by atoms with Crippen molar-refractivity contribution >= 4 is 0 Å². The maximum Gasteiger partial charge on any atom is 0.0621 e. The number of rotatable bonds is 6. The zero-order valence-electron chi connectivity index (χ0n) is 8.51. The van der Waals surface area contributed by atoms with Crippen LogP contribution in [0.5, 0.6) is 0 Å². The molecule has 0 fully saturated rings. The monoisotopic (exact) mass is 174 g/mol. The molecule has 1 unspecified atom stereocenters. The fourth-order valence-electron chi connectivity index (χ4n) is 1.17. The van der Waals surface area contributed by atoms with Gasteiger partial charge in [-0.05, 0) is 26.9 Å². The number of likely N-dealkylation sites (N-methyl/N-ethyl adjacent to an activating group) is 1. The molecule has 3 N–H and O–H groups in total. The van der Waals surface area contributed by atoms with E-state index in [1.54, 1.807) is 0 Å². The minimum absolute atomic E-state index is 0.0451. The Kier molecular flexibility index (Phi) is 5.46. The normalized spacial score (nSPS) is 16.5. The number of aliphatic hydroxyl groups excluding tert-OH is 1. The first-order chi connectivity index (χ1) is 5.52. The van der Waals surface area contributed by atoms with E-state index in [1.807, 2.05) is 14.0 Å². The molecule has 0 bridgehead atoms. The Balaban J connectivity index is 3.60. The molecule has 1 atom stereocenters. The summed E-state index contributed by atoms with van der Waals surface area (Å²) in [4.78, 5) is 2.17. The summed E-state index contributed by atoms with van der Waals surface area (Å²) in [7, 11) is 2.04. The molecule has 0 aromatic carbocycles. The minimum Gasteiger partial charge on any atom is -0.394 e. The fourth-order valence-corrected chi connectivity index (χ4v) is 1.17. The predicted molar refractivity (Wildman–Crippen MR) is 52.1 cm³/mol. The minimum atomic E-state index is -0.456. The van der Waals surface area contributed by atoms with Gasteiger partial charge in [0.05, 0.1) is 6.61 Å². The van der Waals surface area contributed by atoms with Crippen molar-refractivity contribution < 1.29 is 5.11 Å². The van der Waals surface area contributed by atoms with Gasteiger partial charge in [-0.1, -0.05) is 13.3 Å². The highest BCUT2D eigenvalue weighted by molar-refractivity contribution is 4.80. The molecule has 0 rings (SSSR count). The maximum atomic E-state index is 8.92. The lowest BCUT2D eigenvalue weighted by Gasteiger charge is -2.28. The number of nitrogens with two attached hydrogens (primary N) is 1. The van der Waals surface area contributed by atoms with Crippen molar-refractivity contribution in [2.24, 2.45) is 5.73 Å². The molecule has 3 nitrogen and oxygen atoms in total. The van der Waals surface area contributed by atoms with Gasteiger partial charge in [0.1, 0.15) is 0 Å². The predicted octanol–water partition coefficient (Wildman–Crippen LogP) is 0.428. The van der Waals surface area contributed by atoms with Crippen LogP contribution in [0.25, 0.3) is 0 Å². The highest BCUT2D eigenvalue weighted by atomic mass is 16.3. The second-order valence-electron chi connectivity index (χ2n) is 3.90. The molecule has 0 aromatic rings. The van der Waals surface area contributed by atoms with Crippen LogP contribution in [0, 0.1) is 0 Å². The lowest BCUT2D eigenvalue weighted by atomic mass is 10.1. The van der Waals surface area contributed by atoms with Gasteiger partial charge >= 0.3 is 0 Å². The molecule has 12 heavy (non-hydrogen) atoms. The SMILES string of the molecule is CCCCN(C)CC(C)(N)CO. The second kappa shape index (κ2) is 5.51. The van der Waals surface area contributed by atoms with Gasteiger partial charge in [0.2, 0.25) is 0 Å². The Morgan fingerprint density at radius 2 is 2.08 bits per heavy atom. The lowest BCUT2D eigenvalue weighted by Crippen LogP contribution is -2.49. The summed E-state index contributed by atoms with van der Waals surface area (Å²) in [6.45, 7) is 5.90. The molecule has 3 heteroatoms. The highest BCUT2D eigenvalue weighted by Gasteiger charge is 2.18.